The van der Waals surface area contributed by atoms with Gasteiger partial charge in [-0.25, -0.2) is 0 Å². The van der Waals surface area contributed by atoms with E-state index in [1.54, 1.807) is 0 Å². The zero-order chi connectivity index (χ0) is 12.4. The standard InChI is InChI=1S/C13H24N4/c1-5-17-9-13(6-14-17)12(4)16-7-10(2)15-11(3)8-16/h6,9-12,15H,5,7-8H2,1-4H3. The SMILES string of the molecule is CCn1cc(C(C)N2CC(C)NC(C)C2)cn1. The summed E-state index contributed by atoms with van der Waals surface area (Å²) < 4.78 is 2.00. The molecule has 1 saturated heterocycles. The van der Waals surface area contributed by atoms with E-state index < -0.39 is 0 Å². The van der Waals surface area contributed by atoms with Gasteiger partial charge in [-0.05, 0) is 27.7 Å². The summed E-state index contributed by atoms with van der Waals surface area (Å²) in [6.45, 7) is 12.1. The van der Waals surface area contributed by atoms with Gasteiger partial charge in [0.2, 0.25) is 0 Å². The van der Waals surface area contributed by atoms with Gasteiger partial charge in [0.25, 0.3) is 0 Å². The molecule has 1 aromatic heterocycles. The second-order valence-electron chi connectivity index (χ2n) is 5.23. The van der Waals surface area contributed by atoms with Gasteiger partial charge in [-0.2, -0.15) is 5.10 Å². The Balaban J connectivity index is 2.05. The largest absolute Gasteiger partial charge is 0.309 e. The maximum atomic E-state index is 4.36. The van der Waals surface area contributed by atoms with E-state index in [4.69, 9.17) is 0 Å². The van der Waals surface area contributed by atoms with E-state index in [2.05, 4.69) is 49.2 Å². The fourth-order valence-electron chi connectivity index (χ4n) is 2.66. The normalized spacial score (nSPS) is 28.2. The Hall–Kier alpha value is -0.870. The Kier molecular flexibility index (Phi) is 3.84. The summed E-state index contributed by atoms with van der Waals surface area (Å²) in [7, 11) is 0. The molecule has 0 bridgehead atoms. The zero-order valence-electron chi connectivity index (χ0n) is 11.3. The summed E-state index contributed by atoms with van der Waals surface area (Å²) in [5.41, 5.74) is 1.33. The summed E-state index contributed by atoms with van der Waals surface area (Å²) in [6.07, 6.45) is 4.17. The lowest BCUT2D eigenvalue weighted by molar-refractivity contribution is 0.131. The van der Waals surface area contributed by atoms with Crippen molar-refractivity contribution in [3.63, 3.8) is 0 Å². The van der Waals surface area contributed by atoms with Crippen molar-refractivity contribution < 1.29 is 0 Å². The van der Waals surface area contributed by atoms with Crippen LogP contribution in [0.4, 0.5) is 0 Å². The fourth-order valence-corrected chi connectivity index (χ4v) is 2.66. The predicted octanol–water partition coefficient (Wildman–Crippen LogP) is 1.65. The minimum atomic E-state index is 0.460. The maximum absolute atomic E-state index is 4.36. The highest BCUT2D eigenvalue weighted by Crippen LogP contribution is 2.22. The molecule has 1 fully saturated rings. The van der Waals surface area contributed by atoms with Crippen LogP contribution >= 0.6 is 0 Å². The lowest BCUT2D eigenvalue weighted by atomic mass is 10.1. The topological polar surface area (TPSA) is 33.1 Å². The fraction of sp³-hybridized carbons (Fsp3) is 0.769. The summed E-state index contributed by atoms with van der Waals surface area (Å²) in [4.78, 5) is 2.54. The second-order valence-corrected chi connectivity index (χ2v) is 5.23. The molecule has 0 spiro atoms. The number of aryl methyl sites for hydroxylation is 1. The third-order valence-electron chi connectivity index (χ3n) is 3.59. The first-order chi connectivity index (χ1) is 8.10. The van der Waals surface area contributed by atoms with Gasteiger partial charge in [-0.1, -0.05) is 0 Å². The van der Waals surface area contributed by atoms with E-state index in [9.17, 15) is 0 Å². The third-order valence-corrected chi connectivity index (χ3v) is 3.59. The first-order valence-corrected chi connectivity index (χ1v) is 6.62. The Bertz CT molecular complexity index is 350. The van der Waals surface area contributed by atoms with Crippen LogP contribution in [0.5, 0.6) is 0 Å². The monoisotopic (exact) mass is 236 g/mol. The Labute approximate surface area is 104 Å². The summed E-state index contributed by atoms with van der Waals surface area (Å²) in [5, 5.41) is 7.93. The van der Waals surface area contributed by atoms with Crippen LogP contribution in [0.3, 0.4) is 0 Å². The van der Waals surface area contributed by atoms with Crippen molar-refractivity contribution in [2.75, 3.05) is 13.1 Å². The molecule has 3 atom stereocenters. The number of nitrogens with zero attached hydrogens (tertiary/aromatic N) is 3. The van der Waals surface area contributed by atoms with E-state index in [0.717, 1.165) is 19.6 Å². The molecule has 0 saturated carbocycles. The highest BCUT2D eigenvalue weighted by Gasteiger charge is 2.25. The van der Waals surface area contributed by atoms with Crippen molar-refractivity contribution in [2.24, 2.45) is 0 Å². The van der Waals surface area contributed by atoms with Crippen LogP contribution in [0.1, 0.15) is 39.3 Å². The number of aromatic nitrogens is 2. The van der Waals surface area contributed by atoms with Crippen molar-refractivity contribution in [1.82, 2.24) is 20.0 Å². The lowest BCUT2D eigenvalue weighted by Gasteiger charge is -2.39. The van der Waals surface area contributed by atoms with Crippen LogP contribution < -0.4 is 5.32 Å². The first kappa shape index (κ1) is 12.6. The Morgan fingerprint density at radius 2 is 2.06 bits per heavy atom. The molecule has 1 aliphatic rings. The van der Waals surface area contributed by atoms with E-state index in [1.807, 2.05) is 10.9 Å². The number of hydrogen-bond donors (Lipinski definition) is 1. The Morgan fingerprint density at radius 1 is 1.41 bits per heavy atom. The molecule has 1 N–H and O–H groups in total. The van der Waals surface area contributed by atoms with Crippen LogP contribution in [-0.4, -0.2) is 39.9 Å². The van der Waals surface area contributed by atoms with Crippen LogP contribution in [0.2, 0.25) is 0 Å². The highest BCUT2D eigenvalue weighted by molar-refractivity contribution is 5.10. The molecule has 17 heavy (non-hydrogen) atoms. The number of hydrogen-bond acceptors (Lipinski definition) is 3. The molecule has 0 aliphatic carbocycles. The van der Waals surface area contributed by atoms with Gasteiger partial charge in [0.05, 0.1) is 6.20 Å². The van der Waals surface area contributed by atoms with Crippen LogP contribution in [0.15, 0.2) is 12.4 Å². The average molecular weight is 236 g/mol. The predicted molar refractivity (Wildman–Crippen MR) is 69.9 cm³/mol. The quantitative estimate of drug-likeness (QED) is 0.866. The second kappa shape index (κ2) is 5.19. The molecule has 0 aromatic carbocycles. The Morgan fingerprint density at radius 3 is 2.59 bits per heavy atom. The van der Waals surface area contributed by atoms with Gasteiger partial charge in [0, 0.05) is 49.5 Å². The molecule has 4 nitrogen and oxygen atoms in total. The summed E-state index contributed by atoms with van der Waals surface area (Å²) in [5.74, 6) is 0. The van der Waals surface area contributed by atoms with Gasteiger partial charge < -0.3 is 5.32 Å². The minimum Gasteiger partial charge on any atom is -0.309 e. The molecule has 1 aliphatic heterocycles. The van der Waals surface area contributed by atoms with Crippen LogP contribution in [-0.2, 0) is 6.54 Å². The summed E-state index contributed by atoms with van der Waals surface area (Å²) >= 11 is 0. The third kappa shape index (κ3) is 2.87. The van der Waals surface area contributed by atoms with E-state index >= 15 is 0 Å². The van der Waals surface area contributed by atoms with Crippen LogP contribution in [0.25, 0.3) is 0 Å². The van der Waals surface area contributed by atoms with Gasteiger partial charge >= 0.3 is 0 Å². The molecule has 3 unspecified atom stereocenters. The zero-order valence-corrected chi connectivity index (χ0v) is 11.3. The van der Waals surface area contributed by atoms with Crippen molar-refractivity contribution >= 4 is 0 Å². The van der Waals surface area contributed by atoms with Gasteiger partial charge in [0.15, 0.2) is 0 Å². The van der Waals surface area contributed by atoms with Gasteiger partial charge in [-0.15, -0.1) is 0 Å². The van der Waals surface area contributed by atoms with Crippen molar-refractivity contribution in [2.45, 2.75) is 52.4 Å². The number of nitrogens with one attached hydrogen (secondary N) is 1. The van der Waals surface area contributed by atoms with Gasteiger partial charge in [-0.3, -0.25) is 9.58 Å². The van der Waals surface area contributed by atoms with Crippen molar-refractivity contribution in [3.05, 3.63) is 18.0 Å². The van der Waals surface area contributed by atoms with Crippen LogP contribution in [0, 0.1) is 0 Å². The molecule has 2 rings (SSSR count). The molecule has 96 valence electrons. The van der Waals surface area contributed by atoms with E-state index in [1.165, 1.54) is 5.56 Å². The summed E-state index contributed by atoms with van der Waals surface area (Å²) in [6, 6.07) is 1.60. The first-order valence-electron chi connectivity index (χ1n) is 6.62. The molecular formula is C13H24N4. The smallest absolute Gasteiger partial charge is 0.0537 e. The van der Waals surface area contributed by atoms with Crippen molar-refractivity contribution in [1.29, 1.82) is 0 Å². The molecule has 1 aromatic rings. The van der Waals surface area contributed by atoms with Gasteiger partial charge in [0.1, 0.15) is 0 Å². The number of rotatable bonds is 3. The number of piperazine rings is 1. The maximum Gasteiger partial charge on any atom is 0.0537 e. The minimum absolute atomic E-state index is 0.460. The molecule has 4 heteroatoms. The molecule has 0 radical (unpaired) electrons. The van der Waals surface area contributed by atoms with E-state index in [0.29, 0.717) is 18.1 Å². The molecule has 2 heterocycles. The average Bonchev–Trinajstić information content (AvgIpc) is 2.75. The highest BCUT2D eigenvalue weighted by atomic mass is 15.3. The lowest BCUT2D eigenvalue weighted by Crippen LogP contribution is -2.54. The van der Waals surface area contributed by atoms with Crippen molar-refractivity contribution in [3.8, 4) is 0 Å². The molecule has 0 amide bonds. The van der Waals surface area contributed by atoms with E-state index in [-0.39, 0.29) is 0 Å². The molecular weight excluding hydrogens is 212 g/mol.